The Kier molecular flexibility index (Phi) is 8.79. The first-order valence-electron chi connectivity index (χ1n) is 10.1. The number of unbranched alkanes of at least 4 members (excludes halogenated alkanes) is 1. The molecule has 1 aromatic heterocycles. The van der Waals surface area contributed by atoms with E-state index in [-0.39, 0.29) is 18.7 Å². The van der Waals surface area contributed by atoms with Gasteiger partial charge in [-0.1, -0.05) is 26.3 Å². The van der Waals surface area contributed by atoms with Gasteiger partial charge in [-0.15, -0.1) is 0 Å². The molecule has 5 nitrogen and oxygen atoms in total. The monoisotopic (exact) mass is 385 g/mol. The minimum Gasteiger partial charge on any atom is -0.484 e. The van der Waals surface area contributed by atoms with Crippen LogP contribution in [0.5, 0.6) is 11.5 Å². The zero-order valence-electron chi connectivity index (χ0n) is 17.4. The van der Waals surface area contributed by atoms with E-state index in [9.17, 15) is 4.79 Å². The van der Waals surface area contributed by atoms with Crippen molar-refractivity contribution in [1.29, 1.82) is 0 Å². The second-order valence-corrected chi connectivity index (χ2v) is 6.67. The van der Waals surface area contributed by atoms with Crippen LogP contribution in [0.1, 0.15) is 63.1 Å². The summed E-state index contributed by atoms with van der Waals surface area (Å²) in [6.07, 6.45) is 3.78. The summed E-state index contributed by atoms with van der Waals surface area (Å²) in [5.74, 6) is 1.10. The van der Waals surface area contributed by atoms with Gasteiger partial charge in [-0.25, -0.2) is 4.79 Å². The fourth-order valence-electron chi connectivity index (χ4n) is 2.95. The molecule has 0 radical (unpaired) electrons. The highest BCUT2D eigenvalue weighted by Gasteiger charge is 2.16. The van der Waals surface area contributed by atoms with Crippen LogP contribution >= 0.6 is 0 Å². The SMILES string of the molecule is CCCCC(Oc1ccc(OCC(=O)OCC)c(CC)c1)c1cccc(C)n1. The van der Waals surface area contributed by atoms with Crippen LogP contribution < -0.4 is 9.47 Å². The van der Waals surface area contributed by atoms with E-state index >= 15 is 0 Å². The van der Waals surface area contributed by atoms with Crippen LogP contribution in [0.15, 0.2) is 36.4 Å². The number of hydrogen-bond donors (Lipinski definition) is 0. The van der Waals surface area contributed by atoms with E-state index in [0.717, 1.165) is 48.4 Å². The van der Waals surface area contributed by atoms with E-state index in [1.165, 1.54) is 0 Å². The van der Waals surface area contributed by atoms with Crippen molar-refractivity contribution in [3.8, 4) is 11.5 Å². The molecule has 0 saturated heterocycles. The van der Waals surface area contributed by atoms with Crippen molar-refractivity contribution in [1.82, 2.24) is 4.98 Å². The van der Waals surface area contributed by atoms with Crippen molar-refractivity contribution in [2.75, 3.05) is 13.2 Å². The van der Waals surface area contributed by atoms with E-state index in [0.29, 0.717) is 12.4 Å². The third-order valence-corrected chi connectivity index (χ3v) is 4.40. The first-order valence-corrected chi connectivity index (χ1v) is 10.1. The molecule has 1 unspecified atom stereocenters. The molecule has 0 fully saturated rings. The average molecular weight is 386 g/mol. The van der Waals surface area contributed by atoms with Crippen LogP contribution in [0, 0.1) is 6.92 Å². The molecule has 0 aliphatic rings. The van der Waals surface area contributed by atoms with Crippen LogP contribution in [-0.4, -0.2) is 24.2 Å². The van der Waals surface area contributed by atoms with E-state index in [4.69, 9.17) is 14.2 Å². The number of ether oxygens (including phenoxy) is 3. The third kappa shape index (κ3) is 6.55. The number of aromatic nitrogens is 1. The van der Waals surface area contributed by atoms with Crippen LogP contribution in [0.2, 0.25) is 0 Å². The number of benzene rings is 1. The smallest absolute Gasteiger partial charge is 0.344 e. The number of pyridine rings is 1. The summed E-state index contributed by atoms with van der Waals surface area (Å²) < 4.78 is 16.8. The van der Waals surface area contributed by atoms with Crippen molar-refractivity contribution < 1.29 is 19.0 Å². The lowest BCUT2D eigenvalue weighted by Gasteiger charge is -2.20. The number of carbonyl (C=O) groups excluding carboxylic acids is 1. The molecule has 0 aliphatic heterocycles. The maximum absolute atomic E-state index is 11.5. The summed E-state index contributed by atoms with van der Waals surface area (Å²) >= 11 is 0. The van der Waals surface area contributed by atoms with Crippen molar-refractivity contribution in [3.63, 3.8) is 0 Å². The van der Waals surface area contributed by atoms with E-state index in [1.807, 2.05) is 50.2 Å². The maximum Gasteiger partial charge on any atom is 0.344 e. The predicted octanol–water partition coefficient (Wildman–Crippen LogP) is 5.20. The van der Waals surface area contributed by atoms with Gasteiger partial charge in [-0.2, -0.15) is 0 Å². The molecule has 1 heterocycles. The van der Waals surface area contributed by atoms with Gasteiger partial charge in [0.25, 0.3) is 0 Å². The standard InChI is InChI=1S/C23H31NO4/c1-5-8-12-22(20-11-9-10-17(4)24-20)28-19-13-14-21(18(6-2)15-19)27-16-23(25)26-7-3/h9-11,13-15,22H,5-8,12,16H2,1-4H3. The van der Waals surface area contributed by atoms with Crippen LogP contribution in [0.3, 0.4) is 0 Å². The molecule has 1 atom stereocenters. The largest absolute Gasteiger partial charge is 0.484 e. The normalized spacial score (nSPS) is 11.7. The molecular formula is C23H31NO4. The zero-order valence-corrected chi connectivity index (χ0v) is 17.4. The van der Waals surface area contributed by atoms with E-state index < -0.39 is 0 Å². The summed E-state index contributed by atoms with van der Waals surface area (Å²) in [7, 11) is 0. The molecule has 0 bridgehead atoms. The minimum atomic E-state index is -0.366. The molecular weight excluding hydrogens is 354 g/mol. The molecule has 1 aromatic carbocycles. The summed E-state index contributed by atoms with van der Waals surface area (Å²) in [6, 6.07) is 11.7. The van der Waals surface area contributed by atoms with Gasteiger partial charge in [-0.3, -0.25) is 4.98 Å². The number of nitrogens with zero attached hydrogens (tertiary/aromatic N) is 1. The van der Waals surface area contributed by atoms with Gasteiger partial charge in [0.1, 0.15) is 17.6 Å². The Hall–Kier alpha value is -2.56. The van der Waals surface area contributed by atoms with Gasteiger partial charge in [0.15, 0.2) is 6.61 Å². The lowest BCUT2D eigenvalue weighted by Crippen LogP contribution is -2.15. The summed E-state index contributed by atoms with van der Waals surface area (Å²) in [5, 5.41) is 0. The zero-order chi connectivity index (χ0) is 20.4. The maximum atomic E-state index is 11.5. The quantitative estimate of drug-likeness (QED) is 0.497. The second-order valence-electron chi connectivity index (χ2n) is 6.67. The Balaban J connectivity index is 2.14. The molecule has 2 rings (SSSR count). The van der Waals surface area contributed by atoms with Gasteiger partial charge in [0.2, 0.25) is 0 Å². The molecule has 0 aliphatic carbocycles. The van der Waals surface area contributed by atoms with Crippen molar-refractivity contribution in [2.24, 2.45) is 0 Å². The molecule has 0 spiro atoms. The average Bonchev–Trinajstić information content (AvgIpc) is 2.70. The van der Waals surface area contributed by atoms with Crippen molar-refractivity contribution in [2.45, 2.75) is 59.5 Å². The second kappa shape index (κ2) is 11.3. The fourth-order valence-corrected chi connectivity index (χ4v) is 2.95. The summed E-state index contributed by atoms with van der Waals surface area (Å²) in [5.41, 5.74) is 2.93. The molecule has 2 aromatic rings. The van der Waals surface area contributed by atoms with Gasteiger partial charge in [0.05, 0.1) is 12.3 Å². The van der Waals surface area contributed by atoms with Crippen LogP contribution in [-0.2, 0) is 16.0 Å². The van der Waals surface area contributed by atoms with Gasteiger partial charge >= 0.3 is 5.97 Å². The summed E-state index contributed by atoms with van der Waals surface area (Å²) in [4.78, 5) is 16.2. The Morgan fingerprint density at radius 1 is 1.14 bits per heavy atom. The molecule has 152 valence electrons. The number of aryl methyl sites for hydroxylation is 2. The van der Waals surface area contributed by atoms with Crippen molar-refractivity contribution >= 4 is 5.97 Å². The topological polar surface area (TPSA) is 57.7 Å². The predicted molar refractivity (Wildman–Crippen MR) is 110 cm³/mol. The Morgan fingerprint density at radius 2 is 1.96 bits per heavy atom. The number of carbonyl (C=O) groups is 1. The number of esters is 1. The fraction of sp³-hybridized carbons (Fsp3) is 0.478. The van der Waals surface area contributed by atoms with E-state index in [1.54, 1.807) is 6.92 Å². The lowest BCUT2D eigenvalue weighted by atomic mass is 10.1. The Morgan fingerprint density at radius 3 is 2.64 bits per heavy atom. The minimum absolute atomic E-state index is 0.0872. The van der Waals surface area contributed by atoms with E-state index in [2.05, 4.69) is 11.9 Å². The first-order chi connectivity index (χ1) is 13.6. The van der Waals surface area contributed by atoms with Gasteiger partial charge < -0.3 is 14.2 Å². The lowest BCUT2D eigenvalue weighted by molar-refractivity contribution is -0.145. The summed E-state index contributed by atoms with van der Waals surface area (Å²) in [6.45, 7) is 8.25. The van der Waals surface area contributed by atoms with Crippen LogP contribution in [0.25, 0.3) is 0 Å². The molecule has 0 N–H and O–H groups in total. The van der Waals surface area contributed by atoms with Gasteiger partial charge in [-0.05, 0) is 69.0 Å². The first kappa shape index (κ1) is 21.7. The molecule has 0 amide bonds. The molecule has 28 heavy (non-hydrogen) atoms. The Labute approximate surface area is 168 Å². The number of rotatable bonds is 11. The third-order valence-electron chi connectivity index (χ3n) is 4.40. The highest BCUT2D eigenvalue weighted by atomic mass is 16.6. The Bertz CT molecular complexity index is 760. The highest BCUT2D eigenvalue weighted by molar-refractivity contribution is 5.71. The highest BCUT2D eigenvalue weighted by Crippen LogP contribution is 2.30. The molecule has 5 heteroatoms. The molecule has 0 saturated carbocycles. The van der Waals surface area contributed by atoms with Crippen molar-refractivity contribution in [3.05, 3.63) is 53.3 Å². The van der Waals surface area contributed by atoms with Gasteiger partial charge in [0, 0.05) is 5.69 Å². The van der Waals surface area contributed by atoms with Crippen LogP contribution in [0.4, 0.5) is 0 Å². The number of hydrogen-bond acceptors (Lipinski definition) is 5.